The molecule has 9 heteroatoms. The number of ether oxygens (including phenoxy) is 1. The van der Waals surface area contributed by atoms with Crippen LogP contribution < -0.4 is 10.1 Å². The standard InChI is InChI=1S/C24H27N5O3S/c1-16-6-4-7-17(14-16)23(31)29-13-5-8-20(29)22-26-27-24(28(22)2)33-15-21(30)25-18-9-11-19(32-3)12-10-18/h4,6-7,9-12,14,20H,5,8,13,15H2,1-3H3,(H,25,30). The van der Waals surface area contributed by atoms with E-state index in [0.717, 1.165) is 30.0 Å². The van der Waals surface area contributed by atoms with E-state index in [1.54, 1.807) is 31.4 Å². The molecule has 0 aliphatic carbocycles. The van der Waals surface area contributed by atoms with Gasteiger partial charge in [-0.15, -0.1) is 10.2 Å². The van der Waals surface area contributed by atoms with Crippen LogP contribution in [0.3, 0.4) is 0 Å². The number of benzene rings is 2. The Kier molecular flexibility index (Phi) is 6.98. The topological polar surface area (TPSA) is 89.3 Å². The minimum Gasteiger partial charge on any atom is -0.497 e. The number of anilines is 1. The van der Waals surface area contributed by atoms with Gasteiger partial charge in [0.05, 0.1) is 18.9 Å². The largest absolute Gasteiger partial charge is 0.497 e. The number of methoxy groups -OCH3 is 1. The molecule has 0 bridgehead atoms. The zero-order valence-corrected chi connectivity index (χ0v) is 19.8. The highest BCUT2D eigenvalue weighted by Gasteiger charge is 2.34. The van der Waals surface area contributed by atoms with Crippen LogP contribution in [0.2, 0.25) is 0 Å². The molecular weight excluding hydrogens is 438 g/mol. The highest BCUT2D eigenvalue weighted by Crippen LogP contribution is 2.33. The average Bonchev–Trinajstić information content (AvgIpc) is 3.44. The molecule has 8 nitrogen and oxygen atoms in total. The molecule has 0 radical (unpaired) electrons. The maximum Gasteiger partial charge on any atom is 0.254 e. The Morgan fingerprint density at radius 3 is 2.70 bits per heavy atom. The van der Waals surface area contributed by atoms with Gasteiger partial charge in [0.15, 0.2) is 11.0 Å². The Balaban J connectivity index is 1.40. The molecule has 0 saturated carbocycles. The van der Waals surface area contributed by atoms with Crippen molar-refractivity contribution in [1.82, 2.24) is 19.7 Å². The van der Waals surface area contributed by atoms with Gasteiger partial charge < -0.3 is 19.5 Å². The normalized spacial score (nSPS) is 15.5. The van der Waals surface area contributed by atoms with Crippen molar-refractivity contribution in [2.45, 2.75) is 31.0 Å². The molecule has 2 aromatic carbocycles. The third kappa shape index (κ3) is 5.19. The lowest BCUT2D eigenvalue weighted by Crippen LogP contribution is -2.32. The molecular formula is C24H27N5O3S. The first-order chi connectivity index (χ1) is 16.0. The van der Waals surface area contributed by atoms with Gasteiger partial charge in [-0.2, -0.15) is 0 Å². The summed E-state index contributed by atoms with van der Waals surface area (Å²) < 4.78 is 7.02. The fourth-order valence-corrected chi connectivity index (χ4v) is 4.68. The van der Waals surface area contributed by atoms with Gasteiger partial charge in [0.25, 0.3) is 5.91 Å². The van der Waals surface area contributed by atoms with Gasteiger partial charge in [-0.3, -0.25) is 9.59 Å². The number of hydrogen-bond acceptors (Lipinski definition) is 6. The quantitative estimate of drug-likeness (QED) is 0.534. The molecule has 3 aromatic rings. The maximum absolute atomic E-state index is 13.1. The predicted octanol–water partition coefficient (Wildman–Crippen LogP) is 3.84. The van der Waals surface area contributed by atoms with Gasteiger partial charge in [-0.25, -0.2) is 0 Å². The number of aryl methyl sites for hydroxylation is 1. The number of amides is 2. The van der Waals surface area contributed by atoms with Crippen LogP contribution in [0, 0.1) is 6.92 Å². The molecule has 1 N–H and O–H groups in total. The van der Waals surface area contributed by atoms with E-state index >= 15 is 0 Å². The van der Waals surface area contributed by atoms with Gasteiger partial charge in [-0.05, 0) is 56.2 Å². The molecule has 172 valence electrons. The van der Waals surface area contributed by atoms with Gasteiger partial charge in [0, 0.05) is 24.8 Å². The van der Waals surface area contributed by atoms with Gasteiger partial charge in [0.1, 0.15) is 5.75 Å². The molecule has 1 aliphatic rings. The Bertz CT molecular complexity index is 1150. The summed E-state index contributed by atoms with van der Waals surface area (Å²) in [5.41, 5.74) is 2.45. The molecule has 0 spiro atoms. The Morgan fingerprint density at radius 1 is 1.18 bits per heavy atom. The second-order valence-corrected chi connectivity index (χ2v) is 8.93. The monoisotopic (exact) mass is 465 g/mol. The minimum absolute atomic E-state index is 0.0114. The predicted molar refractivity (Wildman–Crippen MR) is 128 cm³/mol. The van der Waals surface area contributed by atoms with Crippen LogP contribution in [-0.4, -0.2) is 50.9 Å². The lowest BCUT2D eigenvalue weighted by atomic mass is 10.1. The third-order valence-corrected chi connectivity index (χ3v) is 6.67. The highest BCUT2D eigenvalue weighted by molar-refractivity contribution is 7.99. The van der Waals surface area contributed by atoms with Crippen LogP contribution in [-0.2, 0) is 11.8 Å². The maximum atomic E-state index is 13.1. The summed E-state index contributed by atoms with van der Waals surface area (Å²) in [5, 5.41) is 12.2. The molecule has 1 fully saturated rings. The molecule has 33 heavy (non-hydrogen) atoms. The first kappa shape index (κ1) is 22.8. The van der Waals surface area contributed by atoms with Crippen molar-refractivity contribution >= 4 is 29.3 Å². The fourth-order valence-electron chi connectivity index (χ4n) is 3.97. The number of hydrogen-bond donors (Lipinski definition) is 1. The van der Waals surface area contributed by atoms with Crippen molar-refractivity contribution in [2.75, 3.05) is 24.7 Å². The summed E-state index contributed by atoms with van der Waals surface area (Å²) in [5.74, 6) is 1.56. The zero-order chi connectivity index (χ0) is 23.4. The van der Waals surface area contributed by atoms with Crippen molar-refractivity contribution in [1.29, 1.82) is 0 Å². The van der Waals surface area contributed by atoms with Crippen LogP contribution >= 0.6 is 11.8 Å². The lowest BCUT2D eigenvalue weighted by molar-refractivity contribution is -0.113. The van der Waals surface area contributed by atoms with Gasteiger partial charge in [0.2, 0.25) is 5.91 Å². The van der Waals surface area contributed by atoms with E-state index in [4.69, 9.17) is 4.74 Å². The Labute approximate surface area is 197 Å². The first-order valence-corrected chi connectivity index (χ1v) is 11.8. The first-order valence-electron chi connectivity index (χ1n) is 10.8. The van der Waals surface area contributed by atoms with Crippen LogP contribution in [0.5, 0.6) is 5.75 Å². The summed E-state index contributed by atoms with van der Waals surface area (Å²) in [6, 6.07) is 14.7. The minimum atomic E-state index is -0.133. The Hall–Kier alpha value is -3.33. The number of nitrogens with zero attached hydrogens (tertiary/aromatic N) is 4. The van der Waals surface area contributed by atoms with Crippen LogP contribution in [0.1, 0.15) is 40.6 Å². The lowest BCUT2D eigenvalue weighted by Gasteiger charge is -2.24. The smallest absolute Gasteiger partial charge is 0.254 e. The SMILES string of the molecule is COc1ccc(NC(=O)CSc2nnc(C3CCCN3C(=O)c3cccc(C)c3)n2C)cc1. The van der Waals surface area contributed by atoms with Crippen molar-refractivity contribution in [3.63, 3.8) is 0 Å². The average molecular weight is 466 g/mol. The molecule has 1 aromatic heterocycles. The van der Waals surface area contributed by atoms with Crippen molar-refractivity contribution in [3.05, 3.63) is 65.5 Å². The summed E-state index contributed by atoms with van der Waals surface area (Å²) in [6.45, 7) is 2.67. The Morgan fingerprint density at radius 2 is 1.97 bits per heavy atom. The van der Waals surface area contributed by atoms with Crippen molar-refractivity contribution in [3.8, 4) is 5.75 Å². The molecule has 2 amide bonds. The van der Waals surface area contributed by atoms with E-state index in [1.165, 1.54) is 11.8 Å². The van der Waals surface area contributed by atoms with Gasteiger partial charge >= 0.3 is 0 Å². The molecule has 1 aliphatic heterocycles. The number of likely N-dealkylation sites (tertiary alicyclic amines) is 1. The van der Waals surface area contributed by atoms with E-state index in [2.05, 4.69) is 15.5 Å². The number of aromatic nitrogens is 3. The summed E-state index contributed by atoms with van der Waals surface area (Å²) in [6.07, 6.45) is 1.76. The number of nitrogens with one attached hydrogen (secondary N) is 1. The van der Waals surface area contributed by atoms with Crippen LogP contribution in [0.4, 0.5) is 5.69 Å². The second kappa shape index (κ2) is 10.1. The van der Waals surface area contributed by atoms with E-state index in [1.807, 2.05) is 47.7 Å². The summed E-state index contributed by atoms with van der Waals surface area (Å²) in [7, 11) is 3.48. The second-order valence-electron chi connectivity index (χ2n) is 7.99. The number of thioether (sulfide) groups is 1. The fraction of sp³-hybridized carbons (Fsp3) is 0.333. The van der Waals surface area contributed by atoms with E-state index in [-0.39, 0.29) is 23.6 Å². The van der Waals surface area contributed by atoms with Crippen molar-refractivity contribution in [2.24, 2.45) is 7.05 Å². The zero-order valence-electron chi connectivity index (χ0n) is 18.9. The molecule has 1 unspecified atom stereocenters. The van der Waals surface area contributed by atoms with Gasteiger partial charge in [-0.1, -0.05) is 29.5 Å². The van der Waals surface area contributed by atoms with E-state index < -0.39 is 0 Å². The molecule has 1 saturated heterocycles. The molecule has 1 atom stereocenters. The number of carbonyl (C=O) groups is 2. The molecule has 2 heterocycles. The number of carbonyl (C=O) groups excluding carboxylic acids is 2. The third-order valence-electron chi connectivity index (χ3n) is 5.65. The number of rotatable bonds is 7. The highest BCUT2D eigenvalue weighted by atomic mass is 32.2. The molecule has 4 rings (SSSR count). The van der Waals surface area contributed by atoms with E-state index in [0.29, 0.717) is 23.0 Å². The summed E-state index contributed by atoms with van der Waals surface area (Å²) in [4.78, 5) is 27.4. The van der Waals surface area contributed by atoms with E-state index in [9.17, 15) is 9.59 Å². The van der Waals surface area contributed by atoms with Crippen molar-refractivity contribution < 1.29 is 14.3 Å². The van der Waals surface area contributed by atoms with Crippen LogP contribution in [0.25, 0.3) is 0 Å². The van der Waals surface area contributed by atoms with Crippen LogP contribution in [0.15, 0.2) is 53.7 Å². The summed E-state index contributed by atoms with van der Waals surface area (Å²) >= 11 is 1.32.